The average Bonchev–Trinajstić information content (AvgIpc) is 2.38. The third kappa shape index (κ3) is 4.30. The van der Waals surface area contributed by atoms with Crippen LogP contribution in [0.2, 0.25) is 0 Å². The third-order valence-corrected chi connectivity index (χ3v) is 2.37. The van der Waals surface area contributed by atoms with Gasteiger partial charge in [-0.25, -0.2) is 9.97 Å². The predicted octanol–water partition coefficient (Wildman–Crippen LogP) is 0.236. The summed E-state index contributed by atoms with van der Waals surface area (Å²) in [6.07, 6.45) is 0.999. The van der Waals surface area contributed by atoms with E-state index in [1.807, 2.05) is 0 Å². The lowest BCUT2D eigenvalue weighted by atomic mass is 10.2. The van der Waals surface area contributed by atoms with Crippen molar-refractivity contribution in [2.24, 2.45) is 0 Å². The molecule has 0 aliphatic rings. The first kappa shape index (κ1) is 15.1. The van der Waals surface area contributed by atoms with Gasteiger partial charge in [0.1, 0.15) is 6.33 Å². The molecule has 1 aromatic heterocycles. The smallest absolute Gasteiger partial charge is 0.353 e. The van der Waals surface area contributed by atoms with E-state index >= 15 is 0 Å². The van der Waals surface area contributed by atoms with Crippen molar-refractivity contribution in [1.29, 1.82) is 0 Å². The first-order valence-electron chi connectivity index (χ1n) is 5.68. The Morgan fingerprint density at radius 1 is 1.53 bits per heavy atom. The molecule has 0 bridgehead atoms. The number of methoxy groups -OCH3 is 1. The van der Waals surface area contributed by atoms with Gasteiger partial charge in [0, 0.05) is 20.7 Å². The fraction of sp³-hybridized carbons (Fsp3) is 0.600. The fourth-order valence-corrected chi connectivity index (χ4v) is 1.50. The van der Waals surface area contributed by atoms with Crippen molar-refractivity contribution >= 4 is 17.3 Å². The van der Waals surface area contributed by atoms with E-state index in [2.05, 4.69) is 20.6 Å². The van der Waals surface area contributed by atoms with Crippen LogP contribution in [0.4, 0.5) is 17.3 Å². The van der Waals surface area contributed by atoms with E-state index in [1.54, 1.807) is 7.05 Å². The molecule has 3 N–H and O–H groups in total. The van der Waals surface area contributed by atoms with Crippen LogP contribution in [-0.2, 0) is 4.74 Å². The highest BCUT2D eigenvalue weighted by atomic mass is 16.6. The SMILES string of the molecule is CNc1ncnc(NCCC(O)COC)c1[N+](=O)[O-]. The lowest BCUT2D eigenvalue weighted by molar-refractivity contribution is -0.383. The van der Waals surface area contributed by atoms with Crippen LogP contribution in [-0.4, -0.2) is 53.4 Å². The van der Waals surface area contributed by atoms with E-state index in [0.29, 0.717) is 13.0 Å². The molecular formula is C10H17N5O4. The Balaban J connectivity index is 2.70. The van der Waals surface area contributed by atoms with Crippen molar-refractivity contribution in [3.8, 4) is 0 Å². The normalized spacial score (nSPS) is 11.9. The molecule has 9 nitrogen and oxygen atoms in total. The number of nitrogens with zero attached hydrogens (tertiary/aromatic N) is 3. The van der Waals surface area contributed by atoms with Crippen LogP contribution in [0.3, 0.4) is 0 Å². The summed E-state index contributed by atoms with van der Waals surface area (Å²) >= 11 is 0. The third-order valence-electron chi connectivity index (χ3n) is 2.37. The quantitative estimate of drug-likeness (QED) is 0.454. The molecule has 0 amide bonds. The summed E-state index contributed by atoms with van der Waals surface area (Å²) in [5.41, 5.74) is -0.216. The number of nitro groups is 1. The molecule has 0 spiro atoms. The van der Waals surface area contributed by atoms with Crippen LogP contribution in [0.1, 0.15) is 6.42 Å². The highest BCUT2D eigenvalue weighted by Gasteiger charge is 2.21. The van der Waals surface area contributed by atoms with E-state index in [9.17, 15) is 15.2 Å². The first-order chi connectivity index (χ1) is 9.10. The van der Waals surface area contributed by atoms with E-state index < -0.39 is 11.0 Å². The second kappa shape index (κ2) is 7.44. The van der Waals surface area contributed by atoms with Gasteiger partial charge in [0.25, 0.3) is 0 Å². The molecule has 0 saturated carbocycles. The molecule has 19 heavy (non-hydrogen) atoms. The van der Waals surface area contributed by atoms with E-state index in [4.69, 9.17) is 4.74 Å². The number of hydrogen-bond donors (Lipinski definition) is 3. The van der Waals surface area contributed by atoms with Gasteiger partial charge in [-0.1, -0.05) is 0 Å². The molecule has 1 unspecified atom stereocenters. The summed E-state index contributed by atoms with van der Waals surface area (Å²) in [5, 5.41) is 25.9. The van der Waals surface area contributed by atoms with Crippen molar-refractivity contribution in [2.75, 3.05) is 37.9 Å². The maximum Gasteiger partial charge on any atom is 0.353 e. The highest BCUT2D eigenvalue weighted by Crippen LogP contribution is 2.28. The van der Waals surface area contributed by atoms with Gasteiger partial charge in [-0.15, -0.1) is 0 Å². The van der Waals surface area contributed by atoms with Crippen LogP contribution >= 0.6 is 0 Å². The Kier molecular flexibility index (Phi) is 5.90. The van der Waals surface area contributed by atoms with E-state index in [0.717, 1.165) is 0 Å². The Labute approximate surface area is 110 Å². The minimum absolute atomic E-state index is 0.119. The number of anilines is 2. The van der Waals surface area contributed by atoms with Gasteiger partial charge in [0.2, 0.25) is 11.6 Å². The molecule has 0 aromatic carbocycles. The topological polar surface area (TPSA) is 122 Å². The molecule has 0 aliphatic carbocycles. The van der Waals surface area contributed by atoms with E-state index in [-0.39, 0.29) is 23.9 Å². The summed E-state index contributed by atoms with van der Waals surface area (Å²) in [4.78, 5) is 18.0. The number of nitrogens with one attached hydrogen (secondary N) is 2. The van der Waals surface area contributed by atoms with Crippen LogP contribution in [0, 0.1) is 10.1 Å². The van der Waals surface area contributed by atoms with Crippen LogP contribution in [0.25, 0.3) is 0 Å². The van der Waals surface area contributed by atoms with E-state index in [1.165, 1.54) is 13.4 Å². The van der Waals surface area contributed by atoms with Crippen molar-refractivity contribution in [1.82, 2.24) is 9.97 Å². The molecule has 1 rings (SSSR count). The number of aliphatic hydroxyl groups is 1. The number of aliphatic hydroxyl groups excluding tert-OH is 1. The minimum Gasteiger partial charge on any atom is -0.391 e. The van der Waals surface area contributed by atoms with Crippen LogP contribution in [0.15, 0.2) is 6.33 Å². The lowest BCUT2D eigenvalue weighted by Crippen LogP contribution is -2.19. The number of rotatable bonds is 8. The zero-order chi connectivity index (χ0) is 14.3. The van der Waals surface area contributed by atoms with Gasteiger partial charge < -0.3 is 20.5 Å². The first-order valence-corrected chi connectivity index (χ1v) is 5.68. The number of ether oxygens (including phenoxy) is 1. The number of aromatic nitrogens is 2. The van der Waals surface area contributed by atoms with Crippen LogP contribution in [0.5, 0.6) is 0 Å². The van der Waals surface area contributed by atoms with Gasteiger partial charge in [-0.05, 0) is 6.42 Å². The molecule has 0 radical (unpaired) electrons. The summed E-state index contributed by atoms with van der Waals surface area (Å²) in [6, 6.07) is 0. The summed E-state index contributed by atoms with van der Waals surface area (Å²) in [6.45, 7) is 0.556. The molecule has 1 atom stereocenters. The molecular weight excluding hydrogens is 254 g/mol. The molecule has 0 fully saturated rings. The van der Waals surface area contributed by atoms with Crippen molar-refractivity contribution in [2.45, 2.75) is 12.5 Å². The largest absolute Gasteiger partial charge is 0.391 e. The fourth-order valence-electron chi connectivity index (χ4n) is 1.50. The summed E-state index contributed by atoms with van der Waals surface area (Å²) in [7, 11) is 3.03. The highest BCUT2D eigenvalue weighted by molar-refractivity contribution is 5.68. The average molecular weight is 271 g/mol. The number of hydrogen-bond acceptors (Lipinski definition) is 8. The predicted molar refractivity (Wildman–Crippen MR) is 69.2 cm³/mol. The zero-order valence-corrected chi connectivity index (χ0v) is 10.8. The molecule has 0 aliphatic heterocycles. The van der Waals surface area contributed by atoms with Gasteiger partial charge >= 0.3 is 5.69 Å². The summed E-state index contributed by atoms with van der Waals surface area (Å²) < 4.78 is 4.78. The Morgan fingerprint density at radius 2 is 2.21 bits per heavy atom. The standard InChI is InChI=1S/C10H17N5O4/c1-11-9-8(15(17)18)10(14-6-13-9)12-4-3-7(16)5-19-2/h6-7,16H,3-5H2,1-2H3,(H2,11,12,13,14). The van der Waals surface area contributed by atoms with Crippen molar-refractivity contribution in [3.63, 3.8) is 0 Å². The molecule has 9 heteroatoms. The van der Waals surface area contributed by atoms with Crippen LogP contribution < -0.4 is 10.6 Å². The second-order valence-electron chi connectivity index (χ2n) is 3.75. The maximum atomic E-state index is 11.0. The van der Waals surface area contributed by atoms with Gasteiger partial charge in [-0.3, -0.25) is 10.1 Å². The molecule has 0 saturated heterocycles. The monoisotopic (exact) mass is 271 g/mol. The van der Waals surface area contributed by atoms with Crippen molar-refractivity contribution in [3.05, 3.63) is 16.4 Å². The molecule has 106 valence electrons. The Bertz CT molecular complexity index is 428. The lowest BCUT2D eigenvalue weighted by Gasteiger charge is -2.11. The van der Waals surface area contributed by atoms with Gasteiger partial charge in [-0.2, -0.15) is 0 Å². The second-order valence-corrected chi connectivity index (χ2v) is 3.75. The van der Waals surface area contributed by atoms with Gasteiger partial charge in [0.15, 0.2) is 0 Å². The minimum atomic E-state index is -0.623. The molecule has 1 aromatic rings. The van der Waals surface area contributed by atoms with Crippen molar-refractivity contribution < 1.29 is 14.8 Å². The maximum absolute atomic E-state index is 11.0. The zero-order valence-electron chi connectivity index (χ0n) is 10.8. The Morgan fingerprint density at radius 3 is 2.79 bits per heavy atom. The summed E-state index contributed by atoms with van der Waals surface area (Å²) in [5.74, 6) is 0.258. The Hall–Kier alpha value is -2.00. The molecule has 1 heterocycles. The van der Waals surface area contributed by atoms with Gasteiger partial charge in [0.05, 0.1) is 17.6 Å².